The van der Waals surface area contributed by atoms with E-state index in [2.05, 4.69) is 5.32 Å². The lowest BCUT2D eigenvalue weighted by atomic mass is 9.94. The van der Waals surface area contributed by atoms with E-state index in [9.17, 15) is 28.8 Å². The molecule has 2 aromatic carbocycles. The highest BCUT2D eigenvalue weighted by Gasteiger charge is 2.54. The maximum Gasteiger partial charge on any atom is 0.410 e. The number of halogens is 5. The summed E-state index contributed by atoms with van der Waals surface area (Å²) < 4.78 is 20.8. The van der Waals surface area contributed by atoms with Crippen molar-refractivity contribution in [3.05, 3.63) is 69.7 Å². The van der Waals surface area contributed by atoms with E-state index in [1.165, 1.54) is 28.9 Å². The number of carbonyl (C=O) groups excluding carboxylic acids is 6. The van der Waals surface area contributed by atoms with Crippen molar-refractivity contribution >= 4 is 93.3 Å². The molecule has 0 aliphatic carbocycles. The Hall–Kier alpha value is -3.53. The van der Waals surface area contributed by atoms with Crippen molar-refractivity contribution < 1.29 is 47.7 Å². The molecule has 2 aliphatic rings. The van der Waals surface area contributed by atoms with Crippen LogP contribution in [-0.2, 0) is 51.2 Å². The quantitative estimate of drug-likeness (QED) is 0.109. The number of benzene rings is 2. The van der Waals surface area contributed by atoms with E-state index in [0.29, 0.717) is 29.6 Å². The zero-order valence-electron chi connectivity index (χ0n) is 34.5. The van der Waals surface area contributed by atoms with Gasteiger partial charge in [-0.15, -0.1) is 23.2 Å². The number of nitrogens with zero attached hydrogens (tertiary/aromatic N) is 3. The summed E-state index contributed by atoms with van der Waals surface area (Å²) in [7, 11) is 2.61. The van der Waals surface area contributed by atoms with Crippen LogP contribution < -0.4 is 5.32 Å². The second-order valence-corrected chi connectivity index (χ2v) is 17.4. The minimum Gasteiger partial charge on any atom is -0.468 e. The lowest BCUT2D eigenvalue weighted by Gasteiger charge is -2.38. The standard InChI is InChI=1S/C20H26Cl2N2O5.C18H25ClN2O4.C2H2Cl2O/c1-19(2,3)29-18(27)23-10-9-20(13-23,17(26)28-4)24(16(25)11-21)12-14-5-7-15(22)8-6-14;1-17(2,3)25-16(23)21-10-9-18(12-21,15(22)24-4)20-11-13-5-7-14(19)8-6-13;3-1-2(4)5/h5-8H,9-13H2,1-4H3;5-8,20H,9-12H2,1-4H3;1H2. The van der Waals surface area contributed by atoms with Gasteiger partial charge in [-0.05, 0) is 95.0 Å². The first kappa shape index (κ1) is 51.6. The zero-order valence-corrected chi connectivity index (χ0v) is 38.3. The highest BCUT2D eigenvalue weighted by atomic mass is 35.5. The van der Waals surface area contributed by atoms with E-state index in [-0.39, 0.29) is 50.3 Å². The van der Waals surface area contributed by atoms with Crippen molar-refractivity contribution in [2.75, 3.05) is 52.2 Å². The Labute approximate surface area is 370 Å². The molecule has 2 aromatic rings. The molecule has 328 valence electrons. The van der Waals surface area contributed by atoms with Gasteiger partial charge in [-0.2, -0.15) is 0 Å². The van der Waals surface area contributed by atoms with E-state index in [1.807, 2.05) is 32.9 Å². The summed E-state index contributed by atoms with van der Waals surface area (Å²) in [4.78, 5) is 76.5. The maximum absolute atomic E-state index is 12.8. The molecule has 0 spiro atoms. The number of rotatable bonds is 10. The van der Waals surface area contributed by atoms with E-state index in [4.69, 9.17) is 77.0 Å². The summed E-state index contributed by atoms with van der Waals surface area (Å²) in [6.07, 6.45) is -0.290. The lowest BCUT2D eigenvalue weighted by Crippen LogP contribution is -2.59. The van der Waals surface area contributed by atoms with Crippen molar-refractivity contribution in [3.8, 4) is 0 Å². The smallest absolute Gasteiger partial charge is 0.410 e. The predicted octanol–water partition coefficient (Wildman–Crippen LogP) is 7.43. The van der Waals surface area contributed by atoms with Gasteiger partial charge in [0, 0.05) is 42.6 Å². The summed E-state index contributed by atoms with van der Waals surface area (Å²) in [6, 6.07) is 14.3. The molecule has 2 heterocycles. The molecule has 0 aromatic heterocycles. The molecule has 2 fully saturated rings. The summed E-state index contributed by atoms with van der Waals surface area (Å²) in [5, 5.41) is 3.97. The van der Waals surface area contributed by atoms with Crippen molar-refractivity contribution in [2.45, 2.75) is 89.8 Å². The molecule has 2 aliphatic heterocycles. The minimum absolute atomic E-state index is 0.0369. The first-order valence-corrected chi connectivity index (χ1v) is 20.6. The second kappa shape index (κ2) is 22.9. The number of hydrogen-bond acceptors (Lipinski definition) is 11. The van der Waals surface area contributed by atoms with Crippen LogP contribution in [0.4, 0.5) is 9.59 Å². The van der Waals surface area contributed by atoms with Gasteiger partial charge in [0.2, 0.25) is 11.1 Å². The molecule has 3 amide bonds. The fraction of sp³-hybridized carbons (Fsp3) is 0.550. The Bertz CT molecular complexity index is 1760. The fourth-order valence-electron chi connectivity index (χ4n) is 6.03. The monoisotopic (exact) mass is 924 g/mol. The number of likely N-dealkylation sites (tertiary alicyclic amines) is 2. The van der Waals surface area contributed by atoms with Gasteiger partial charge < -0.3 is 33.6 Å². The molecule has 2 atom stereocenters. The average molecular weight is 927 g/mol. The lowest BCUT2D eigenvalue weighted by molar-refractivity contribution is -0.161. The Morgan fingerprint density at radius 2 is 1.14 bits per heavy atom. The number of hydrogen-bond donors (Lipinski definition) is 1. The zero-order chi connectivity index (χ0) is 44.8. The SMILES string of the molecule is COC(=O)C1(N(Cc2ccc(Cl)cc2)C(=O)CCl)CCN(C(=O)OC(C)(C)C)C1.COC(=O)C1(NCc2ccc(Cl)cc2)CCN(C(=O)OC(C)(C)C)C1.O=C(Cl)CCl. The van der Waals surface area contributed by atoms with Crippen molar-refractivity contribution in [2.24, 2.45) is 0 Å². The van der Waals surface area contributed by atoms with Crippen LogP contribution in [0.25, 0.3) is 0 Å². The fourth-order valence-corrected chi connectivity index (χ4v) is 6.43. The van der Waals surface area contributed by atoms with Crippen molar-refractivity contribution in [3.63, 3.8) is 0 Å². The molecule has 2 saturated heterocycles. The molecule has 0 bridgehead atoms. The summed E-state index contributed by atoms with van der Waals surface area (Å²) >= 11 is 27.2. The molecular weight excluding hydrogens is 874 g/mol. The number of carbonyl (C=O) groups is 6. The van der Waals surface area contributed by atoms with Gasteiger partial charge in [0.15, 0.2) is 5.54 Å². The predicted molar refractivity (Wildman–Crippen MR) is 227 cm³/mol. The Balaban J connectivity index is 0.000000368. The molecule has 14 nitrogen and oxygen atoms in total. The first-order chi connectivity index (χ1) is 27.4. The van der Waals surface area contributed by atoms with Crippen LogP contribution in [-0.4, -0.2) is 124 Å². The van der Waals surface area contributed by atoms with Crippen LogP contribution in [0.1, 0.15) is 65.5 Å². The molecule has 2 unspecified atom stereocenters. The van der Waals surface area contributed by atoms with Gasteiger partial charge in [0.1, 0.15) is 22.6 Å². The van der Waals surface area contributed by atoms with Crippen LogP contribution in [0.2, 0.25) is 10.0 Å². The molecule has 59 heavy (non-hydrogen) atoms. The first-order valence-electron chi connectivity index (χ1n) is 18.4. The Morgan fingerprint density at radius 3 is 1.56 bits per heavy atom. The number of ether oxygens (including phenoxy) is 4. The second-order valence-electron chi connectivity index (χ2n) is 15.6. The van der Waals surface area contributed by atoms with Gasteiger partial charge in [-0.25, -0.2) is 19.2 Å². The topological polar surface area (TPSA) is 161 Å². The minimum atomic E-state index is -1.35. The Morgan fingerprint density at radius 1 is 0.695 bits per heavy atom. The van der Waals surface area contributed by atoms with Crippen LogP contribution in [0.3, 0.4) is 0 Å². The van der Waals surface area contributed by atoms with Crippen LogP contribution in [0.5, 0.6) is 0 Å². The third-order valence-electron chi connectivity index (χ3n) is 8.80. The van der Waals surface area contributed by atoms with Gasteiger partial charge in [0.25, 0.3) is 0 Å². The highest BCUT2D eigenvalue weighted by molar-refractivity contribution is 6.67. The van der Waals surface area contributed by atoms with Gasteiger partial charge in [0.05, 0.1) is 33.2 Å². The maximum atomic E-state index is 12.8. The molecule has 4 rings (SSSR count). The van der Waals surface area contributed by atoms with E-state index >= 15 is 0 Å². The number of methoxy groups -OCH3 is 2. The summed E-state index contributed by atoms with van der Waals surface area (Å²) in [5.74, 6) is -1.82. The van der Waals surface area contributed by atoms with Crippen LogP contribution >= 0.6 is 58.0 Å². The average Bonchev–Trinajstić information content (AvgIpc) is 3.83. The van der Waals surface area contributed by atoms with Crippen molar-refractivity contribution in [1.82, 2.24) is 20.0 Å². The van der Waals surface area contributed by atoms with E-state index < -0.39 is 51.6 Å². The van der Waals surface area contributed by atoms with Crippen LogP contribution in [0.15, 0.2) is 48.5 Å². The third-order valence-corrected chi connectivity index (χ3v) is 10.0. The molecule has 0 saturated carbocycles. The highest BCUT2D eigenvalue weighted by Crippen LogP contribution is 2.33. The van der Waals surface area contributed by atoms with E-state index in [0.717, 1.165) is 11.1 Å². The third kappa shape index (κ3) is 16.1. The largest absolute Gasteiger partial charge is 0.468 e. The Kier molecular flexibility index (Phi) is 20.0. The molecule has 0 radical (unpaired) electrons. The normalized spacial score (nSPS) is 18.7. The van der Waals surface area contributed by atoms with Gasteiger partial charge in [-0.3, -0.25) is 14.9 Å². The van der Waals surface area contributed by atoms with Crippen molar-refractivity contribution in [1.29, 1.82) is 0 Å². The summed E-state index contributed by atoms with van der Waals surface area (Å²) in [6.45, 7) is 12.2. The number of esters is 2. The molecular formula is C40H53Cl5N4O10. The van der Waals surface area contributed by atoms with Crippen LogP contribution in [0, 0.1) is 0 Å². The molecule has 19 heteroatoms. The van der Waals surface area contributed by atoms with E-state index in [1.54, 1.807) is 57.2 Å². The number of amides is 3. The van der Waals surface area contributed by atoms with Gasteiger partial charge in [-0.1, -0.05) is 47.5 Å². The van der Waals surface area contributed by atoms with Gasteiger partial charge >= 0.3 is 24.1 Å². The summed E-state index contributed by atoms with van der Waals surface area (Å²) in [5.41, 5.74) is -1.79. The number of nitrogens with one attached hydrogen (secondary N) is 1. The number of alkyl halides is 2. The molecule has 1 N–H and O–H groups in total.